The van der Waals surface area contributed by atoms with E-state index in [0.717, 1.165) is 11.1 Å². The van der Waals surface area contributed by atoms with Gasteiger partial charge in [0, 0.05) is 11.1 Å². The Labute approximate surface area is 121 Å². The van der Waals surface area contributed by atoms with E-state index in [1.165, 1.54) is 12.2 Å². The fourth-order valence-electron chi connectivity index (χ4n) is 1.82. The molecule has 2 aromatic carbocycles. The quantitative estimate of drug-likeness (QED) is 0.603. The van der Waals surface area contributed by atoms with Crippen LogP contribution >= 0.6 is 0 Å². The summed E-state index contributed by atoms with van der Waals surface area (Å²) in [6, 6.07) is 14.6. The van der Waals surface area contributed by atoms with E-state index in [9.17, 15) is 9.59 Å². The maximum atomic E-state index is 10.2. The lowest BCUT2D eigenvalue weighted by molar-refractivity contribution is 0.470. The molecule has 0 bridgehead atoms. The van der Waals surface area contributed by atoms with Crippen LogP contribution < -0.4 is 4.74 Å². The van der Waals surface area contributed by atoms with Gasteiger partial charge in [0.15, 0.2) is 0 Å². The van der Waals surface area contributed by atoms with E-state index in [0.29, 0.717) is 11.5 Å². The Kier molecular flexibility index (Phi) is 5.18. The minimum Gasteiger partial charge on any atom is -0.457 e. The maximum Gasteiger partial charge on any atom is 0.235 e. The summed E-state index contributed by atoms with van der Waals surface area (Å²) >= 11 is 0. The highest BCUT2D eigenvalue weighted by Crippen LogP contribution is 2.28. The topological polar surface area (TPSA) is 68.1 Å². The molecule has 104 valence electrons. The molecular weight excluding hydrogens is 268 g/mol. The number of benzene rings is 2. The first-order chi connectivity index (χ1) is 10.3. The van der Waals surface area contributed by atoms with Gasteiger partial charge < -0.3 is 4.74 Å². The van der Waals surface area contributed by atoms with Gasteiger partial charge in [0.2, 0.25) is 12.2 Å². The summed E-state index contributed by atoms with van der Waals surface area (Å²) in [5, 5.41) is 0. The van der Waals surface area contributed by atoms with E-state index < -0.39 is 0 Å². The molecule has 0 saturated heterocycles. The Morgan fingerprint density at radius 3 is 1.62 bits per heavy atom. The van der Waals surface area contributed by atoms with Gasteiger partial charge in [0.05, 0.1) is 13.1 Å². The van der Waals surface area contributed by atoms with Gasteiger partial charge >= 0.3 is 0 Å². The first-order valence-electron chi connectivity index (χ1n) is 6.26. The summed E-state index contributed by atoms with van der Waals surface area (Å²) in [5.41, 5.74) is 1.55. The second-order valence-electron chi connectivity index (χ2n) is 4.13. The van der Waals surface area contributed by atoms with Crippen LogP contribution in [0.3, 0.4) is 0 Å². The highest BCUT2D eigenvalue weighted by Gasteiger charge is 2.07. The largest absolute Gasteiger partial charge is 0.457 e. The van der Waals surface area contributed by atoms with Gasteiger partial charge in [0.1, 0.15) is 11.5 Å². The van der Waals surface area contributed by atoms with Gasteiger partial charge in [-0.1, -0.05) is 36.4 Å². The van der Waals surface area contributed by atoms with Crippen molar-refractivity contribution in [3.05, 3.63) is 59.7 Å². The van der Waals surface area contributed by atoms with Gasteiger partial charge in [-0.25, -0.2) is 19.6 Å². The van der Waals surface area contributed by atoms with Crippen molar-refractivity contribution in [3.63, 3.8) is 0 Å². The lowest BCUT2D eigenvalue weighted by Gasteiger charge is -2.12. The van der Waals surface area contributed by atoms with Crippen LogP contribution in [0.2, 0.25) is 0 Å². The van der Waals surface area contributed by atoms with Crippen molar-refractivity contribution in [3.8, 4) is 11.5 Å². The maximum absolute atomic E-state index is 10.2. The zero-order chi connectivity index (χ0) is 14.9. The van der Waals surface area contributed by atoms with Gasteiger partial charge in [-0.15, -0.1) is 0 Å². The van der Waals surface area contributed by atoms with Crippen molar-refractivity contribution in [2.24, 2.45) is 9.98 Å². The summed E-state index contributed by atoms with van der Waals surface area (Å²) in [7, 11) is 0. The van der Waals surface area contributed by atoms with E-state index >= 15 is 0 Å². The molecule has 0 heterocycles. The van der Waals surface area contributed by atoms with Crippen molar-refractivity contribution < 1.29 is 14.3 Å². The van der Waals surface area contributed by atoms with E-state index in [1.54, 1.807) is 12.1 Å². The Morgan fingerprint density at radius 1 is 0.762 bits per heavy atom. The molecule has 0 radical (unpaired) electrons. The molecule has 0 fully saturated rings. The average molecular weight is 280 g/mol. The molecule has 0 aliphatic heterocycles. The first-order valence-corrected chi connectivity index (χ1v) is 6.26. The highest BCUT2D eigenvalue weighted by atomic mass is 16.5. The molecule has 21 heavy (non-hydrogen) atoms. The number of rotatable bonds is 6. The summed E-state index contributed by atoms with van der Waals surface area (Å²) < 4.78 is 5.86. The summed E-state index contributed by atoms with van der Waals surface area (Å²) in [5.74, 6) is 1.19. The average Bonchev–Trinajstić information content (AvgIpc) is 2.53. The van der Waals surface area contributed by atoms with Crippen molar-refractivity contribution in [2.75, 3.05) is 0 Å². The van der Waals surface area contributed by atoms with Gasteiger partial charge in [-0.2, -0.15) is 0 Å². The molecule has 5 nitrogen and oxygen atoms in total. The third-order valence-electron chi connectivity index (χ3n) is 2.79. The molecular formula is C16H12N2O3. The molecule has 0 unspecified atom stereocenters. The third kappa shape index (κ3) is 3.98. The van der Waals surface area contributed by atoms with Gasteiger partial charge in [-0.3, -0.25) is 0 Å². The van der Waals surface area contributed by atoms with Crippen LogP contribution in [0.4, 0.5) is 0 Å². The Balaban J connectivity index is 2.30. The molecule has 0 amide bonds. The first kappa shape index (κ1) is 14.4. The van der Waals surface area contributed by atoms with Gasteiger partial charge in [0.25, 0.3) is 0 Å². The van der Waals surface area contributed by atoms with Crippen LogP contribution in [0.1, 0.15) is 11.1 Å². The second-order valence-corrected chi connectivity index (χ2v) is 4.13. The van der Waals surface area contributed by atoms with Crippen LogP contribution in [0.25, 0.3) is 0 Å². The van der Waals surface area contributed by atoms with Gasteiger partial charge in [-0.05, 0) is 12.1 Å². The lowest BCUT2D eigenvalue weighted by Crippen LogP contribution is -1.94. The number of isocyanates is 2. The fraction of sp³-hybridized carbons (Fsp3) is 0.125. The predicted octanol–water partition coefficient (Wildman–Crippen LogP) is 3.15. The number of carbonyl (C=O) groups excluding carboxylic acids is 2. The number of para-hydroxylation sites is 2. The minimum absolute atomic E-state index is 0.203. The van der Waals surface area contributed by atoms with Crippen LogP contribution in [0.5, 0.6) is 11.5 Å². The molecule has 0 aliphatic rings. The smallest absolute Gasteiger partial charge is 0.235 e. The number of nitrogens with zero attached hydrogens (tertiary/aromatic N) is 2. The zero-order valence-electron chi connectivity index (χ0n) is 11.2. The van der Waals surface area contributed by atoms with Crippen LogP contribution in [-0.2, 0) is 22.7 Å². The summed E-state index contributed by atoms with van der Waals surface area (Å²) in [6.07, 6.45) is 3.02. The molecule has 2 rings (SSSR count). The van der Waals surface area contributed by atoms with E-state index in [1.807, 2.05) is 36.4 Å². The molecule has 0 aromatic heterocycles. The Morgan fingerprint density at radius 2 is 1.19 bits per heavy atom. The Bertz CT molecular complexity index is 653. The monoisotopic (exact) mass is 280 g/mol. The highest BCUT2D eigenvalue weighted by molar-refractivity contribution is 5.43. The fourth-order valence-corrected chi connectivity index (χ4v) is 1.82. The van der Waals surface area contributed by atoms with Crippen LogP contribution in [0.15, 0.2) is 58.5 Å². The summed E-state index contributed by atoms with van der Waals surface area (Å²) in [4.78, 5) is 27.6. The third-order valence-corrected chi connectivity index (χ3v) is 2.79. The summed E-state index contributed by atoms with van der Waals surface area (Å²) in [6.45, 7) is 0.405. The van der Waals surface area contributed by atoms with Crippen LogP contribution in [-0.4, -0.2) is 12.2 Å². The molecule has 2 aromatic rings. The minimum atomic E-state index is 0.203. The van der Waals surface area contributed by atoms with E-state index in [4.69, 9.17) is 4.74 Å². The molecule has 0 N–H and O–H groups in total. The Hall–Kier alpha value is -3.00. The lowest BCUT2D eigenvalue weighted by atomic mass is 10.2. The number of aliphatic imine (C=N–C) groups is 2. The number of hydrogen-bond donors (Lipinski definition) is 0. The second kappa shape index (κ2) is 7.56. The van der Waals surface area contributed by atoms with E-state index in [-0.39, 0.29) is 13.1 Å². The standard InChI is InChI=1S/C16H12N2O3/c19-11-17-9-13-5-1-3-7-15(13)21-16-8-4-2-6-14(16)10-18-12-20/h1-8H,9-10H2. The molecule has 0 spiro atoms. The molecule has 0 atom stereocenters. The van der Waals surface area contributed by atoms with Crippen LogP contribution in [0, 0.1) is 0 Å². The van der Waals surface area contributed by atoms with Crippen molar-refractivity contribution >= 4 is 12.2 Å². The normalized spacial score (nSPS) is 9.33. The predicted molar refractivity (Wildman–Crippen MR) is 76.6 cm³/mol. The van der Waals surface area contributed by atoms with Crippen molar-refractivity contribution in [1.82, 2.24) is 0 Å². The molecule has 0 aliphatic carbocycles. The zero-order valence-corrected chi connectivity index (χ0v) is 11.2. The van der Waals surface area contributed by atoms with Crippen molar-refractivity contribution in [1.29, 1.82) is 0 Å². The molecule has 5 heteroatoms. The number of hydrogen-bond acceptors (Lipinski definition) is 5. The van der Waals surface area contributed by atoms with E-state index in [2.05, 4.69) is 9.98 Å². The SMILES string of the molecule is O=C=NCc1ccccc1Oc1ccccc1CN=C=O. The molecule has 0 saturated carbocycles. The number of ether oxygens (including phenoxy) is 1. The van der Waals surface area contributed by atoms with Crippen molar-refractivity contribution in [2.45, 2.75) is 13.1 Å².